The number of hydrogen-bond donors (Lipinski definition) is 0. The van der Waals surface area contributed by atoms with Crippen LogP contribution in [0.3, 0.4) is 0 Å². The fraction of sp³-hybridized carbons (Fsp3) is 0.600. The zero-order valence-electron chi connectivity index (χ0n) is 9.55. The Bertz CT molecular complexity index is 536. The number of methoxy groups -OCH3 is 1. The zero-order valence-corrected chi connectivity index (χ0v) is 9.55. The summed E-state index contributed by atoms with van der Waals surface area (Å²) in [7, 11) is 2.77. The molecule has 7 heteroatoms. The van der Waals surface area contributed by atoms with Crippen LogP contribution in [0.15, 0.2) is 15.8 Å². The van der Waals surface area contributed by atoms with Crippen LogP contribution >= 0.6 is 0 Å². The number of nitrogens with zero attached hydrogens (tertiary/aromatic N) is 2. The first-order chi connectivity index (χ1) is 8.04. The lowest BCUT2D eigenvalue weighted by Gasteiger charge is -2.13. The lowest BCUT2D eigenvalue weighted by molar-refractivity contribution is 0.0367. The van der Waals surface area contributed by atoms with Gasteiger partial charge in [-0.1, -0.05) is 0 Å². The third-order valence-corrected chi connectivity index (χ3v) is 2.85. The highest BCUT2D eigenvalue weighted by Gasteiger charge is 2.28. The molecule has 1 aliphatic heterocycles. The predicted octanol–water partition coefficient (Wildman–Crippen LogP) is -0.380. The van der Waals surface area contributed by atoms with Crippen molar-refractivity contribution in [2.75, 3.05) is 13.7 Å². The molecule has 1 aromatic heterocycles. The normalized spacial score (nSPS) is 24.2. The molecule has 2 atom stereocenters. The van der Waals surface area contributed by atoms with E-state index < -0.39 is 23.3 Å². The zero-order chi connectivity index (χ0) is 12.6. The second-order valence-corrected chi connectivity index (χ2v) is 3.91. The van der Waals surface area contributed by atoms with Gasteiger partial charge in [-0.3, -0.25) is 13.9 Å². The molecule has 0 saturated carbocycles. The van der Waals surface area contributed by atoms with Crippen LogP contribution in [0.5, 0.6) is 0 Å². The van der Waals surface area contributed by atoms with Crippen molar-refractivity contribution < 1.29 is 13.9 Å². The molecule has 1 aromatic rings. The van der Waals surface area contributed by atoms with Crippen molar-refractivity contribution >= 4 is 0 Å². The maximum absolute atomic E-state index is 13.3. The molecule has 1 fully saturated rings. The largest absolute Gasteiger partial charge is 0.379 e. The maximum Gasteiger partial charge on any atom is 0.333 e. The second-order valence-electron chi connectivity index (χ2n) is 3.91. The van der Waals surface area contributed by atoms with Gasteiger partial charge in [0.2, 0.25) is 5.82 Å². The molecule has 0 aromatic carbocycles. The van der Waals surface area contributed by atoms with Crippen molar-refractivity contribution in [2.24, 2.45) is 7.05 Å². The first kappa shape index (κ1) is 12.0. The molecule has 0 amide bonds. The van der Waals surface area contributed by atoms with Crippen molar-refractivity contribution in [3.63, 3.8) is 0 Å². The van der Waals surface area contributed by atoms with Crippen LogP contribution < -0.4 is 11.2 Å². The quantitative estimate of drug-likeness (QED) is 0.711. The standard InChI is InChI=1S/C10H13FN2O4/c1-12-9(14)7(11)4-13(10(12)15)8-3-6(16-2)5-17-8/h4,6,8H,3,5H2,1-2H3/t6-,8+/m1/s1. The van der Waals surface area contributed by atoms with Gasteiger partial charge in [-0.2, -0.15) is 4.39 Å². The predicted molar refractivity (Wildman–Crippen MR) is 56.3 cm³/mol. The maximum atomic E-state index is 13.3. The van der Waals surface area contributed by atoms with E-state index in [1.54, 1.807) is 7.11 Å². The Morgan fingerprint density at radius 2 is 2.24 bits per heavy atom. The van der Waals surface area contributed by atoms with Gasteiger partial charge in [-0.15, -0.1) is 0 Å². The molecule has 94 valence electrons. The van der Waals surface area contributed by atoms with Crippen molar-refractivity contribution in [3.05, 3.63) is 32.9 Å². The van der Waals surface area contributed by atoms with E-state index in [4.69, 9.17) is 9.47 Å². The van der Waals surface area contributed by atoms with Gasteiger partial charge in [0, 0.05) is 20.6 Å². The Morgan fingerprint density at radius 3 is 2.82 bits per heavy atom. The van der Waals surface area contributed by atoms with E-state index in [9.17, 15) is 14.0 Å². The molecule has 6 nitrogen and oxygen atoms in total. The highest BCUT2D eigenvalue weighted by Crippen LogP contribution is 2.23. The topological polar surface area (TPSA) is 62.5 Å². The molecule has 0 N–H and O–H groups in total. The smallest absolute Gasteiger partial charge is 0.333 e. The van der Waals surface area contributed by atoms with E-state index in [0.29, 0.717) is 13.0 Å². The monoisotopic (exact) mass is 244 g/mol. The Kier molecular flexibility index (Phi) is 3.12. The Hall–Kier alpha value is -1.47. The molecular formula is C10H13FN2O4. The number of halogens is 1. The highest BCUT2D eigenvalue weighted by molar-refractivity contribution is 4.91. The van der Waals surface area contributed by atoms with Crippen LogP contribution in [-0.4, -0.2) is 29.0 Å². The van der Waals surface area contributed by atoms with E-state index in [1.807, 2.05) is 0 Å². The first-order valence-electron chi connectivity index (χ1n) is 5.16. The van der Waals surface area contributed by atoms with E-state index in [0.717, 1.165) is 15.3 Å². The molecule has 0 spiro atoms. The molecule has 2 heterocycles. The summed E-state index contributed by atoms with van der Waals surface area (Å²) in [6.07, 6.45) is 0.627. The van der Waals surface area contributed by atoms with Crippen LogP contribution in [0.1, 0.15) is 12.6 Å². The molecule has 0 aliphatic carbocycles. The first-order valence-corrected chi connectivity index (χ1v) is 5.16. The van der Waals surface area contributed by atoms with Crippen molar-refractivity contribution in [3.8, 4) is 0 Å². The third kappa shape index (κ3) is 2.03. The average Bonchev–Trinajstić information content (AvgIpc) is 2.79. The van der Waals surface area contributed by atoms with Crippen molar-refractivity contribution in [1.29, 1.82) is 0 Å². The highest BCUT2D eigenvalue weighted by atomic mass is 19.1. The summed E-state index contributed by atoms with van der Waals surface area (Å²) in [5.74, 6) is -0.975. The molecule has 1 saturated heterocycles. The third-order valence-electron chi connectivity index (χ3n) is 2.85. The summed E-state index contributed by atoms with van der Waals surface area (Å²) in [4.78, 5) is 22.9. The van der Waals surface area contributed by atoms with Crippen LogP contribution in [0, 0.1) is 5.82 Å². The Morgan fingerprint density at radius 1 is 1.53 bits per heavy atom. The molecule has 0 unspecified atom stereocenters. The lowest BCUT2D eigenvalue weighted by atomic mass is 10.3. The van der Waals surface area contributed by atoms with Gasteiger partial charge in [0.15, 0.2) is 0 Å². The van der Waals surface area contributed by atoms with Crippen LogP contribution in [0.4, 0.5) is 4.39 Å². The fourth-order valence-electron chi connectivity index (χ4n) is 1.80. The molecular weight excluding hydrogens is 231 g/mol. The van der Waals surface area contributed by atoms with Gasteiger partial charge in [-0.25, -0.2) is 4.79 Å². The van der Waals surface area contributed by atoms with Gasteiger partial charge in [0.25, 0.3) is 5.56 Å². The average molecular weight is 244 g/mol. The number of rotatable bonds is 2. The summed E-state index contributed by atoms with van der Waals surface area (Å²) >= 11 is 0. The minimum absolute atomic E-state index is 0.118. The second kappa shape index (κ2) is 4.42. The fourth-order valence-corrected chi connectivity index (χ4v) is 1.80. The van der Waals surface area contributed by atoms with Crippen LogP contribution in [0.2, 0.25) is 0 Å². The number of ether oxygens (including phenoxy) is 2. The molecule has 2 rings (SSSR count). The molecule has 0 radical (unpaired) electrons. The van der Waals surface area contributed by atoms with E-state index in [2.05, 4.69) is 0 Å². The minimum Gasteiger partial charge on any atom is -0.379 e. The van der Waals surface area contributed by atoms with Gasteiger partial charge < -0.3 is 9.47 Å². The van der Waals surface area contributed by atoms with Crippen molar-refractivity contribution in [2.45, 2.75) is 18.8 Å². The summed E-state index contributed by atoms with van der Waals surface area (Å²) < 4.78 is 25.5. The SMILES string of the molecule is CO[C@H]1CO[C@H](n2cc(F)c(=O)n(C)c2=O)C1. The van der Waals surface area contributed by atoms with Crippen LogP contribution in [0.25, 0.3) is 0 Å². The van der Waals surface area contributed by atoms with Crippen LogP contribution in [-0.2, 0) is 16.5 Å². The molecule has 17 heavy (non-hydrogen) atoms. The van der Waals surface area contributed by atoms with Gasteiger partial charge >= 0.3 is 5.69 Å². The summed E-state index contributed by atoms with van der Waals surface area (Å²) in [6, 6.07) is 0. The summed E-state index contributed by atoms with van der Waals surface area (Å²) in [5, 5.41) is 0. The summed E-state index contributed by atoms with van der Waals surface area (Å²) in [5.41, 5.74) is -1.54. The summed E-state index contributed by atoms with van der Waals surface area (Å²) in [6.45, 7) is 0.345. The molecule has 0 bridgehead atoms. The van der Waals surface area contributed by atoms with Gasteiger partial charge in [0.05, 0.1) is 18.9 Å². The lowest BCUT2D eigenvalue weighted by Crippen LogP contribution is -2.40. The van der Waals surface area contributed by atoms with E-state index in [1.165, 1.54) is 7.05 Å². The van der Waals surface area contributed by atoms with Gasteiger partial charge in [0.1, 0.15) is 6.23 Å². The van der Waals surface area contributed by atoms with Gasteiger partial charge in [-0.05, 0) is 0 Å². The minimum atomic E-state index is -0.975. The number of hydrogen-bond acceptors (Lipinski definition) is 4. The van der Waals surface area contributed by atoms with Crippen molar-refractivity contribution in [1.82, 2.24) is 9.13 Å². The van der Waals surface area contributed by atoms with E-state index >= 15 is 0 Å². The van der Waals surface area contributed by atoms with E-state index in [-0.39, 0.29) is 6.10 Å². The molecule has 1 aliphatic rings. The Balaban J connectivity index is 2.41. The number of aromatic nitrogens is 2. The Labute approximate surface area is 96.2 Å².